The summed E-state index contributed by atoms with van der Waals surface area (Å²) in [6, 6.07) is 0.285. The van der Waals surface area contributed by atoms with E-state index >= 15 is 4.39 Å². The predicted octanol–water partition coefficient (Wildman–Crippen LogP) is 1.20. The van der Waals surface area contributed by atoms with Crippen molar-refractivity contribution in [2.24, 2.45) is 4.99 Å². The fourth-order valence-electron chi connectivity index (χ4n) is 4.89. The summed E-state index contributed by atoms with van der Waals surface area (Å²) in [5.74, 6) is -1.23. The first-order valence-corrected chi connectivity index (χ1v) is 10.7. The van der Waals surface area contributed by atoms with Crippen LogP contribution in [0.5, 0.6) is 0 Å². The molecule has 1 N–H and O–H groups in total. The van der Waals surface area contributed by atoms with Gasteiger partial charge in [0.1, 0.15) is 12.0 Å². The number of halogens is 1. The summed E-state index contributed by atoms with van der Waals surface area (Å²) in [5, 5.41) is 9.44. The Balaban J connectivity index is 1.34. The summed E-state index contributed by atoms with van der Waals surface area (Å²) in [6.07, 6.45) is 4.58. The zero-order valence-corrected chi connectivity index (χ0v) is 17.5. The summed E-state index contributed by atoms with van der Waals surface area (Å²) in [5.41, 5.74) is 1.04. The number of amidine groups is 1. The fourth-order valence-corrected chi connectivity index (χ4v) is 4.89. The fraction of sp³-hybridized carbons (Fsp3) is 0.714. The average Bonchev–Trinajstić information content (AvgIpc) is 3.35. The second-order valence-corrected chi connectivity index (χ2v) is 9.21. The molecular weight excluding hydrogens is 391 g/mol. The van der Waals surface area contributed by atoms with Crippen molar-refractivity contribution in [1.82, 2.24) is 14.7 Å². The lowest BCUT2D eigenvalue weighted by Crippen LogP contribution is -2.46. The van der Waals surface area contributed by atoms with E-state index in [2.05, 4.69) is 4.90 Å². The highest BCUT2D eigenvalue weighted by Gasteiger charge is 2.49. The highest BCUT2D eigenvalue weighted by Crippen LogP contribution is 2.40. The molecular formula is C21H29FN4O4. The average molecular weight is 420 g/mol. The van der Waals surface area contributed by atoms with Crippen molar-refractivity contribution < 1.29 is 23.8 Å². The van der Waals surface area contributed by atoms with Gasteiger partial charge in [-0.25, -0.2) is 14.2 Å². The SMILES string of the molecule is CN(C)CC1COC2(CCN(C3=NC4C(=CC3F)CC(C(=O)O)=CN4C3CC3)C2)O1. The summed E-state index contributed by atoms with van der Waals surface area (Å²) in [7, 11) is 4.01. The van der Waals surface area contributed by atoms with Crippen LogP contribution >= 0.6 is 0 Å². The van der Waals surface area contributed by atoms with E-state index in [0.717, 1.165) is 25.0 Å². The minimum absolute atomic E-state index is 0.0178. The van der Waals surface area contributed by atoms with E-state index in [4.69, 9.17) is 14.5 Å². The van der Waals surface area contributed by atoms with Crippen molar-refractivity contribution in [3.05, 3.63) is 23.4 Å². The summed E-state index contributed by atoms with van der Waals surface area (Å²) in [4.78, 5) is 22.3. The Bertz CT molecular complexity index is 824. The van der Waals surface area contributed by atoms with Crippen molar-refractivity contribution in [2.45, 2.75) is 56.0 Å². The van der Waals surface area contributed by atoms with E-state index in [1.165, 1.54) is 0 Å². The van der Waals surface area contributed by atoms with Gasteiger partial charge in [-0.1, -0.05) is 0 Å². The number of carboxylic acid groups (broad SMARTS) is 1. The van der Waals surface area contributed by atoms with E-state index in [-0.39, 0.29) is 24.7 Å². The molecule has 0 aromatic rings. The molecule has 0 amide bonds. The van der Waals surface area contributed by atoms with Gasteiger partial charge < -0.3 is 29.3 Å². The highest BCUT2D eigenvalue weighted by molar-refractivity contribution is 5.91. The van der Waals surface area contributed by atoms with Gasteiger partial charge in [-0.15, -0.1) is 0 Å². The molecule has 0 radical (unpaired) electrons. The monoisotopic (exact) mass is 420 g/mol. The zero-order chi connectivity index (χ0) is 21.0. The first-order chi connectivity index (χ1) is 14.3. The van der Waals surface area contributed by atoms with Crippen LogP contribution in [0.25, 0.3) is 0 Å². The van der Waals surface area contributed by atoms with Gasteiger partial charge in [0.15, 0.2) is 12.0 Å². The van der Waals surface area contributed by atoms with Crippen LogP contribution in [0, 0.1) is 0 Å². The summed E-state index contributed by atoms with van der Waals surface area (Å²) < 4.78 is 27.4. The summed E-state index contributed by atoms with van der Waals surface area (Å²) in [6.45, 7) is 2.43. The van der Waals surface area contributed by atoms with E-state index in [0.29, 0.717) is 37.5 Å². The van der Waals surface area contributed by atoms with Crippen molar-refractivity contribution in [1.29, 1.82) is 0 Å². The van der Waals surface area contributed by atoms with Gasteiger partial charge in [0.2, 0.25) is 0 Å². The number of likely N-dealkylation sites (N-methyl/N-ethyl adjacent to an activating group) is 1. The van der Waals surface area contributed by atoms with Gasteiger partial charge in [0, 0.05) is 38.2 Å². The molecule has 4 atom stereocenters. The Morgan fingerprint density at radius 1 is 1.43 bits per heavy atom. The van der Waals surface area contributed by atoms with E-state index in [9.17, 15) is 9.90 Å². The number of likely N-dealkylation sites (tertiary alicyclic amines) is 1. The van der Waals surface area contributed by atoms with Crippen LogP contribution in [0.15, 0.2) is 28.4 Å². The topological polar surface area (TPSA) is 77.8 Å². The van der Waals surface area contributed by atoms with Crippen molar-refractivity contribution in [2.75, 3.05) is 40.3 Å². The molecule has 8 nitrogen and oxygen atoms in total. The van der Waals surface area contributed by atoms with Gasteiger partial charge in [-0.05, 0) is 38.6 Å². The maximum Gasteiger partial charge on any atom is 0.333 e. The molecule has 3 fully saturated rings. The molecule has 30 heavy (non-hydrogen) atoms. The molecule has 4 aliphatic heterocycles. The quantitative estimate of drug-likeness (QED) is 0.685. The number of carboxylic acids is 1. The predicted molar refractivity (Wildman–Crippen MR) is 108 cm³/mol. The lowest BCUT2D eigenvalue weighted by Gasteiger charge is -2.38. The Labute approximate surface area is 175 Å². The molecule has 164 valence electrons. The van der Waals surface area contributed by atoms with Crippen LogP contribution < -0.4 is 0 Å². The normalized spacial score (nSPS) is 36.1. The second kappa shape index (κ2) is 7.32. The van der Waals surface area contributed by atoms with E-state index in [1.807, 2.05) is 23.9 Å². The maximum atomic E-state index is 15.1. The first kappa shape index (κ1) is 20.0. The number of nitrogens with zero attached hydrogens (tertiary/aromatic N) is 4. The van der Waals surface area contributed by atoms with Gasteiger partial charge >= 0.3 is 5.97 Å². The third-order valence-electron chi connectivity index (χ3n) is 6.42. The standard InChI is InChI=1S/C21H29FN4O4/c1-24(2)10-16-11-29-21(30-16)5-6-25(12-21)19-17(22)8-13-7-14(20(27)28)9-26(15-3-4-15)18(13)23-19/h8-9,15-18H,3-7,10-12H2,1-2H3,(H,27,28). The molecule has 1 aliphatic carbocycles. The van der Waals surface area contributed by atoms with Gasteiger partial charge in [-0.2, -0.15) is 0 Å². The van der Waals surface area contributed by atoms with Crippen LogP contribution in [0.4, 0.5) is 4.39 Å². The number of aliphatic imine (C=N–C) groups is 1. The molecule has 2 saturated heterocycles. The molecule has 5 aliphatic rings. The lowest BCUT2D eigenvalue weighted by molar-refractivity contribution is -0.155. The van der Waals surface area contributed by atoms with Crippen molar-refractivity contribution >= 4 is 11.8 Å². The zero-order valence-electron chi connectivity index (χ0n) is 17.5. The Morgan fingerprint density at radius 3 is 2.93 bits per heavy atom. The molecule has 4 unspecified atom stereocenters. The third-order valence-corrected chi connectivity index (χ3v) is 6.42. The van der Waals surface area contributed by atoms with Crippen LogP contribution in [-0.2, 0) is 14.3 Å². The Morgan fingerprint density at radius 2 is 2.23 bits per heavy atom. The van der Waals surface area contributed by atoms with Crippen LogP contribution in [0.3, 0.4) is 0 Å². The number of alkyl halides is 1. The Hall–Kier alpha value is -1.97. The smallest absolute Gasteiger partial charge is 0.333 e. The minimum atomic E-state index is -1.35. The number of ether oxygens (including phenoxy) is 2. The van der Waals surface area contributed by atoms with Crippen molar-refractivity contribution in [3.8, 4) is 0 Å². The summed E-state index contributed by atoms with van der Waals surface area (Å²) >= 11 is 0. The largest absolute Gasteiger partial charge is 0.478 e. The molecule has 0 aromatic heterocycles. The molecule has 1 saturated carbocycles. The number of aliphatic carboxylic acids is 1. The molecule has 0 bridgehead atoms. The molecule has 9 heteroatoms. The second-order valence-electron chi connectivity index (χ2n) is 9.21. The number of dihydropyridines is 1. The number of carbonyl (C=O) groups is 1. The van der Waals surface area contributed by atoms with Crippen LogP contribution in [0.1, 0.15) is 25.7 Å². The number of hydrogen-bond acceptors (Lipinski definition) is 7. The third kappa shape index (κ3) is 3.63. The molecule has 1 spiro atoms. The highest BCUT2D eigenvalue weighted by atomic mass is 19.1. The first-order valence-electron chi connectivity index (χ1n) is 10.7. The number of rotatable bonds is 4. The lowest BCUT2D eigenvalue weighted by atomic mass is 9.95. The van der Waals surface area contributed by atoms with Gasteiger partial charge in [-0.3, -0.25) is 0 Å². The van der Waals surface area contributed by atoms with Crippen molar-refractivity contribution in [3.63, 3.8) is 0 Å². The van der Waals surface area contributed by atoms with Gasteiger partial charge in [0.25, 0.3) is 0 Å². The number of fused-ring (bicyclic) bond motifs is 1. The van der Waals surface area contributed by atoms with Crippen LogP contribution in [0.2, 0.25) is 0 Å². The molecule has 0 aromatic carbocycles. The number of hydrogen-bond donors (Lipinski definition) is 1. The maximum absolute atomic E-state index is 15.1. The Kier molecular flexibility index (Phi) is 4.87. The van der Waals surface area contributed by atoms with E-state index in [1.54, 1.807) is 12.3 Å². The molecule has 4 heterocycles. The van der Waals surface area contributed by atoms with Crippen LogP contribution in [-0.4, -0.2) is 102 Å². The minimum Gasteiger partial charge on any atom is -0.478 e. The van der Waals surface area contributed by atoms with Gasteiger partial charge in [0.05, 0.1) is 24.8 Å². The molecule has 5 rings (SSSR count). The van der Waals surface area contributed by atoms with E-state index < -0.39 is 17.9 Å².